The maximum atomic E-state index is 15.0. The van der Waals surface area contributed by atoms with Gasteiger partial charge in [-0.1, -0.05) is 85.6 Å². The highest BCUT2D eigenvalue weighted by Crippen LogP contribution is 2.41. The van der Waals surface area contributed by atoms with Crippen molar-refractivity contribution in [3.05, 3.63) is 81.6 Å². The molecule has 1 aromatic heterocycles. The summed E-state index contributed by atoms with van der Waals surface area (Å²) in [5.74, 6) is -3.09. The number of carbonyl (C=O) groups is 3. The SMILES string of the molecule is CC[C@H]1OC(=O)[C@H](C)[C@@H](O[C@H]2C[C@@](C)(OC)[C@@H](OC(=O)NCc3cn(Cc4c(Cl)cccc4Cl)nn3)[C@H](C)O2)[C@H](C)[C@@H](O[C@@H]2O[C@H](C)C[C@H](N(C)C)[C@H]2O)[C@](C)(O)C[C@@H](C)CN(C)[C@H](C)[C@@H](OC(=O)NCc2ccccc2)[C@]1(C)O. The molecule has 3 aromatic rings. The number of methoxy groups -OCH3 is 1. The number of cyclic esters (lactones) is 1. The molecule has 23 heteroatoms. The molecule has 0 spiro atoms. The molecule has 3 saturated heterocycles. The van der Waals surface area contributed by atoms with E-state index in [0.29, 0.717) is 34.3 Å². The number of amides is 2. The zero-order chi connectivity index (χ0) is 59.0. The van der Waals surface area contributed by atoms with Gasteiger partial charge in [0.1, 0.15) is 29.1 Å². The van der Waals surface area contributed by atoms with Gasteiger partial charge in [0, 0.05) is 60.2 Å². The molecule has 4 heterocycles. The number of likely N-dealkylation sites (N-methyl/N-ethyl adjacent to an activating group) is 2. The molecule has 0 bridgehead atoms. The van der Waals surface area contributed by atoms with Crippen LogP contribution in [0.25, 0.3) is 0 Å². The Hall–Kier alpha value is -4.23. The molecular formula is C57H87Cl2N7O14. The fraction of sp³-hybridized carbons (Fsp3) is 0.702. The van der Waals surface area contributed by atoms with E-state index < -0.39 is 108 Å². The maximum absolute atomic E-state index is 15.0. The quantitative estimate of drug-likeness (QED) is 0.0783. The Morgan fingerprint density at radius 1 is 0.875 bits per heavy atom. The molecule has 0 aliphatic carbocycles. The number of rotatable bonds is 15. The van der Waals surface area contributed by atoms with Crippen LogP contribution in [0.2, 0.25) is 10.0 Å². The van der Waals surface area contributed by atoms with Gasteiger partial charge in [-0.05, 0) is 112 Å². The average molecular weight is 1170 g/mol. The Balaban J connectivity index is 1.29. The zero-order valence-electron chi connectivity index (χ0n) is 48.8. The summed E-state index contributed by atoms with van der Waals surface area (Å²) in [5, 5.41) is 52.3. The van der Waals surface area contributed by atoms with Crippen molar-refractivity contribution in [2.24, 2.45) is 17.8 Å². The standard InChI is InChI=1S/C57H87Cl2N7O14/c1-15-44-57(10,72)49(79-53(69)60-27-38-20-17-16-18-21-38)36(6)65(13)29-32(2)25-55(8,71)48(78-52-46(67)43(64(11)12)24-33(3)74-52)34(4)47(35(5)51(68)76-44)77-45-26-56(9,73-14)50(37(7)75-45)80-54(70)61-28-39-30-66(63-62-39)31-40-41(58)22-19-23-42(40)59/h16-23,30,32-37,43-50,52,67,71-72H,15,24-29,31H2,1-14H3,(H,60,69)(H,61,70)/t32-,33-,34+,35-,36-,37+,43+,44-,45+,46-,47+,48-,49-,50+,52+,55-,56-,57-/m1/s1. The first-order valence-corrected chi connectivity index (χ1v) is 28.5. The maximum Gasteiger partial charge on any atom is 0.407 e. The van der Waals surface area contributed by atoms with Crippen molar-refractivity contribution >= 4 is 41.4 Å². The predicted octanol–water partition coefficient (Wildman–Crippen LogP) is 6.72. The van der Waals surface area contributed by atoms with E-state index in [1.165, 1.54) is 14.0 Å². The van der Waals surface area contributed by atoms with Gasteiger partial charge in [0.2, 0.25) is 0 Å². The smallest absolute Gasteiger partial charge is 0.407 e. The molecule has 21 nitrogen and oxygen atoms in total. The lowest BCUT2D eigenvalue weighted by Crippen LogP contribution is -2.61. The first-order valence-electron chi connectivity index (χ1n) is 27.7. The number of halogens is 2. The molecule has 3 fully saturated rings. The second-order valence-corrected chi connectivity index (χ2v) is 24.0. The summed E-state index contributed by atoms with van der Waals surface area (Å²) in [6.45, 7) is 18.2. The highest BCUT2D eigenvalue weighted by molar-refractivity contribution is 6.36. The fourth-order valence-electron chi connectivity index (χ4n) is 11.7. The van der Waals surface area contributed by atoms with Crippen LogP contribution in [0.3, 0.4) is 0 Å². The molecular weight excluding hydrogens is 1080 g/mol. The normalized spacial score (nSPS) is 36.0. The van der Waals surface area contributed by atoms with E-state index in [9.17, 15) is 29.7 Å². The van der Waals surface area contributed by atoms with Crippen molar-refractivity contribution in [1.82, 2.24) is 35.4 Å². The van der Waals surface area contributed by atoms with Gasteiger partial charge in [0.15, 0.2) is 24.8 Å². The van der Waals surface area contributed by atoms with Gasteiger partial charge < -0.3 is 68.7 Å². The third kappa shape index (κ3) is 16.1. The minimum atomic E-state index is -1.95. The average Bonchev–Trinajstić information content (AvgIpc) is 3.97. The van der Waals surface area contributed by atoms with Gasteiger partial charge in [-0.2, -0.15) is 0 Å². The molecule has 2 amide bonds. The number of nitrogens with zero attached hydrogens (tertiary/aromatic N) is 5. The monoisotopic (exact) mass is 1160 g/mol. The van der Waals surface area contributed by atoms with E-state index in [0.717, 1.165) is 5.56 Å². The second kappa shape index (κ2) is 27.9. The third-order valence-electron chi connectivity index (χ3n) is 16.3. The predicted molar refractivity (Wildman–Crippen MR) is 298 cm³/mol. The molecule has 6 rings (SSSR count). The number of nitrogens with one attached hydrogen (secondary N) is 2. The largest absolute Gasteiger partial charge is 0.459 e. The Morgan fingerprint density at radius 2 is 1.51 bits per heavy atom. The number of benzene rings is 2. The lowest BCUT2D eigenvalue weighted by atomic mass is 9.77. The summed E-state index contributed by atoms with van der Waals surface area (Å²) in [6.07, 6.45) is -9.55. The van der Waals surface area contributed by atoms with Crippen molar-refractivity contribution in [1.29, 1.82) is 0 Å². The van der Waals surface area contributed by atoms with E-state index in [2.05, 4.69) is 20.9 Å². The van der Waals surface area contributed by atoms with Crippen molar-refractivity contribution in [3.63, 3.8) is 0 Å². The lowest BCUT2D eigenvalue weighted by Gasteiger charge is -2.49. The highest BCUT2D eigenvalue weighted by atomic mass is 35.5. The number of aromatic nitrogens is 3. The number of alkyl carbamates (subject to hydrolysis) is 2. The van der Waals surface area contributed by atoms with Crippen molar-refractivity contribution in [2.75, 3.05) is 34.8 Å². The number of carbonyl (C=O) groups excluding carboxylic acids is 3. The summed E-state index contributed by atoms with van der Waals surface area (Å²) in [4.78, 5) is 46.0. The van der Waals surface area contributed by atoms with Crippen LogP contribution in [0.15, 0.2) is 54.7 Å². The zero-order valence-corrected chi connectivity index (χ0v) is 50.3. The third-order valence-corrected chi connectivity index (χ3v) is 17.0. The number of hydrogen-bond acceptors (Lipinski definition) is 18. The topological polar surface area (TPSA) is 247 Å². The number of ether oxygens (including phenoxy) is 8. The molecule has 0 unspecified atom stereocenters. The summed E-state index contributed by atoms with van der Waals surface area (Å²) >= 11 is 12.7. The van der Waals surface area contributed by atoms with Crippen molar-refractivity contribution in [2.45, 2.75) is 205 Å². The summed E-state index contributed by atoms with van der Waals surface area (Å²) in [6, 6.07) is 13.5. The number of esters is 1. The first-order chi connectivity index (χ1) is 37.6. The molecule has 3 aliphatic rings. The highest BCUT2D eigenvalue weighted by Gasteiger charge is 2.54. The van der Waals surface area contributed by atoms with E-state index in [1.54, 1.807) is 70.6 Å². The van der Waals surface area contributed by atoms with E-state index in [1.807, 2.05) is 82.0 Å². The van der Waals surface area contributed by atoms with Crippen LogP contribution in [-0.4, -0.2) is 183 Å². The fourth-order valence-corrected chi connectivity index (χ4v) is 12.3. The molecule has 80 heavy (non-hydrogen) atoms. The van der Waals surface area contributed by atoms with Gasteiger partial charge in [-0.3, -0.25) is 9.69 Å². The van der Waals surface area contributed by atoms with E-state index >= 15 is 0 Å². The van der Waals surface area contributed by atoms with Crippen LogP contribution in [0.5, 0.6) is 0 Å². The van der Waals surface area contributed by atoms with E-state index in [-0.39, 0.29) is 57.0 Å². The van der Waals surface area contributed by atoms with Crippen molar-refractivity contribution < 1.29 is 67.6 Å². The minimum absolute atomic E-state index is 0.0109. The number of aliphatic hydroxyl groups excluding tert-OH is 1. The summed E-state index contributed by atoms with van der Waals surface area (Å²) < 4.78 is 52.9. The Kier molecular flexibility index (Phi) is 22.6. The van der Waals surface area contributed by atoms with Gasteiger partial charge in [-0.25, -0.2) is 14.3 Å². The Bertz CT molecular complexity index is 2470. The van der Waals surface area contributed by atoms with Gasteiger partial charge in [0.05, 0.1) is 55.2 Å². The summed E-state index contributed by atoms with van der Waals surface area (Å²) in [7, 11) is 7.06. The molecule has 0 radical (unpaired) electrons. The molecule has 18 atom stereocenters. The Morgan fingerprint density at radius 3 is 2.14 bits per heavy atom. The second-order valence-electron chi connectivity index (χ2n) is 23.2. The Labute approximate surface area is 481 Å². The van der Waals surface area contributed by atoms with Crippen LogP contribution in [-0.2, 0) is 62.3 Å². The van der Waals surface area contributed by atoms with Crippen LogP contribution in [0.4, 0.5) is 9.59 Å². The molecule has 0 saturated carbocycles. The van der Waals surface area contributed by atoms with E-state index in [4.69, 9.17) is 61.1 Å². The first kappa shape index (κ1) is 64.9. The molecule has 5 N–H and O–H groups in total. The molecule has 448 valence electrons. The van der Waals surface area contributed by atoms with Crippen LogP contribution >= 0.6 is 23.2 Å². The van der Waals surface area contributed by atoms with Gasteiger partial charge in [-0.15, -0.1) is 5.10 Å². The molecule has 2 aromatic carbocycles. The van der Waals surface area contributed by atoms with Gasteiger partial charge >= 0.3 is 18.2 Å². The number of hydrogen-bond donors (Lipinski definition) is 5. The van der Waals surface area contributed by atoms with Gasteiger partial charge in [0.25, 0.3) is 0 Å². The van der Waals surface area contributed by atoms with Crippen LogP contribution in [0.1, 0.15) is 112 Å². The molecule has 3 aliphatic heterocycles. The van der Waals surface area contributed by atoms with Crippen LogP contribution < -0.4 is 10.6 Å². The number of aliphatic hydroxyl groups is 3. The minimum Gasteiger partial charge on any atom is -0.459 e. The van der Waals surface area contributed by atoms with Crippen molar-refractivity contribution in [3.8, 4) is 0 Å². The summed E-state index contributed by atoms with van der Waals surface area (Å²) in [5.41, 5.74) is -2.92. The van der Waals surface area contributed by atoms with Crippen LogP contribution in [0, 0.1) is 17.8 Å². The lowest BCUT2D eigenvalue weighted by molar-refractivity contribution is -0.317.